The minimum Gasteiger partial charge on any atom is -0.364 e. The van der Waals surface area contributed by atoms with E-state index in [1.54, 1.807) is 7.05 Å². The molecule has 0 bridgehead atoms. The zero-order valence-electron chi connectivity index (χ0n) is 7.50. The molecule has 1 aliphatic heterocycles. The maximum atomic E-state index is 11.0. The fraction of sp³-hybridized carbons (Fsp3) is 0.714. The topological polar surface area (TPSA) is 53.5 Å². The lowest BCUT2D eigenvalue weighted by molar-refractivity contribution is 0.680. The molecule has 74 valence electrons. The summed E-state index contributed by atoms with van der Waals surface area (Å²) in [6, 6.07) is 0. The van der Waals surface area contributed by atoms with Crippen LogP contribution in [0, 0.1) is 0 Å². The summed E-state index contributed by atoms with van der Waals surface area (Å²) in [6.07, 6.45) is 1.62. The Bertz CT molecular complexity index is 240. The summed E-state index contributed by atoms with van der Waals surface area (Å²) in [4.78, 5) is 0. The van der Waals surface area contributed by atoms with E-state index >= 15 is 0 Å². The second kappa shape index (κ2) is 5.29. The summed E-state index contributed by atoms with van der Waals surface area (Å²) >= 11 is 4.86. The van der Waals surface area contributed by atoms with Crippen molar-refractivity contribution in [2.24, 2.45) is 5.10 Å². The summed E-state index contributed by atoms with van der Waals surface area (Å²) < 4.78 is 11.0. The first-order valence-electron chi connectivity index (χ1n) is 4.10. The van der Waals surface area contributed by atoms with E-state index < -0.39 is 10.8 Å². The number of thiocarbonyl (C=S) groups is 1. The Kier molecular flexibility index (Phi) is 4.31. The van der Waals surface area contributed by atoms with E-state index in [1.807, 2.05) is 0 Å². The standard InChI is InChI=1S/C7H13N3OS2/c1-8-7(12)10-9-6-2-4-13(11)5-3-6/h2-5H2,1H3,(H2,8,10,12). The molecule has 1 rings (SSSR count). The first-order valence-corrected chi connectivity index (χ1v) is 6.00. The molecule has 0 saturated carbocycles. The van der Waals surface area contributed by atoms with Gasteiger partial charge in [-0.15, -0.1) is 0 Å². The number of nitrogens with one attached hydrogen (secondary N) is 2. The maximum absolute atomic E-state index is 11.0. The van der Waals surface area contributed by atoms with Gasteiger partial charge in [0.05, 0.1) is 0 Å². The molecule has 0 atom stereocenters. The molecule has 1 saturated heterocycles. The van der Waals surface area contributed by atoms with Crippen LogP contribution < -0.4 is 10.7 Å². The molecule has 0 amide bonds. The van der Waals surface area contributed by atoms with E-state index in [4.69, 9.17) is 12.2 Å². The molecule has 1 aliphatic rings. The normalized spacial score (nSPS) is 22.2. The number of rotatable bonds is 1. The van der Waals surface area contributed by atoms with Crippen LogP contribution >= 0.6 is 12.2 Å². The van der Waals surface area contributed by atoms with Gasteiger partial charge >= 0.3 is 0 Å². The van der Waals surface area contributed by atoms with Crippen molar-refractivity contribution in [2.75, 3.05) is 18.6 Å². The molecule has 0 aromatic carbocycles. The minimum absolute atomic E-state index is 0.513. The molecular formula is C7H13N3OS2. The SMILES string of the molecule is CNC(=S)NN=C1CCS(=O)CC1. The monoisotopic (exact) mass is 219 g/mol. The van der Waals surface area contributed by atoms with E-state index in [2.05, 4.69) is 15.8 Å². The number of hydrogen-bond donors (Lipinski definition) is 2. The van der Waals surface area contributed by atoms with Gasteiger partial charge in [0, 0.05) is 35.1 Å². The Morgan fingerprint density at radius 3 is 2.69 bits per heavy atom. The molecule has 13 heavy (non-hydrogen) atoms. The van der Waals surface area contributed by atoms with Crippen molar-refractivity contribution in [1.29, 1.82) is 0 Å². The van der Waals surface area contributed by atoms with Crippen LogP contribution in [0.5, 0.6) is 0 Å². The van der Waals surface area contributed by atoms with Gasteiger partial charge < -0.3 is 5.32 Å². The lowest BCUT2D eigenvalue weighted by Crippen LogP contribution is -2.30. The highest BCUT2D eigenvalue weighted by molar-refractivity contribution is 7.85. The van der Waals surface area contributed by atoms with Gasteiger partial charge in [-0.05, 0) is 25.1 Å². The Hall–Kier alpha value is -0.490. The molecule has 4 nitrogen and oxygen atoms in total. The Morgan fingerprint density at radius 2 is 2.15 bits per heavy atom. The van der Waals surface area contributed by atoms with Gasteiger partial charge in [0.1, 0.15) is 0 Å². The first kappa shape index (κ1) is 10.6. The summed E-state index contributed by atoms with van der Waals surface area (Å²) in [7, 11) is 1.11. The van der Waals surface area contributed by atoms with Gasteiger partial charge in [0.25, 0.3) is 0 Å². The predicted octanol–water partition coefficient (Wildman–Crippen LogP) is -0.0212. The Balaban J connectivity index is 2.35. The van der Waals surface area contributed by atoms with Crippen molar-refractivity contribution in [3.63, 3.8) is 0 Å². The molecule has 0 aromatic rings. The van der Waals surface area contributed by atoms with Crippen LogP contribution in [0.15, 0.2) is 5.10 Å². The van der Waals surface area contributed by atoms with E-state index in [0.717, 1.165) is 30.1 Å². The van der Waals surface area contributed by atoms with Crippen molar-refractivity contribution in [3.05, 3.63) is 0 Å². The van der Waals surface area contributed by atoms with Gasteiger partial charge in [-0.1, -0.05) is 0 Å². The minimum atomic E-state index is -0.634. The molecule has 1 fully saturated rings. The summed E-state index contributed by atoms with van der Waals surface area (Å²) in [5, 5.41) is 7.40. The largest absolute Gasteiger partial charge is 0.364 e. The van der Waals surface area contributed by atoms with Gasteiger partial charge in [0.15, 0.2) is 5.11 Å². The summed E-state index contributed by atoms with van der Waals surface area (Å²) in [5.41, 5.74) is 3.78. The van der Waals surface area contributed by atoms with Crippen LogP contribution in [0.2, 0.25) is 0 Å². The van der Waals surface area contributed by atoms with E-state index in [9.17, 15) is 4.21 Å². The van der Waals surface area contributed by atoms with Crippen LogP contribution in [0.1, 0.15) is 12.8 Å². The second-order valence-corrected chi connectivity index (χ2v) is 4.82. The molecule has 0 radical (unpaired) electrons. The van der Waals surface area contributed by atoms with E-state index in [1.165, 1.54) is 0 Å². The van der Waals surface area contributed by atoms with Crippen LogP contribution in [-0.4, -0.2) is 33.6 Å². The molecule has 1 heterocycles. The van der Waals surface area contributed by atoms with Crippen LogP contribution in [0.25, 0.3) is 0 Å². The average Bonchev–Trinajstić information content (AvgIpc) is 2.16. The highest BCUT2D eigenvalue weighted by atomic mass is 32.2. The van der Waals surface area contributed by atoms with Crippen molar-refractivity contribution in [3.8, 4) is 0 Å². The molecule has 0 spiro atoms. The van der Waals surface area contributed by atoms with Crippen LogP contribution in [0.3, 0.4) is 0 Å². The third-order valence-electron chi connectivity index (χ3n) is 1.78. The summed E-state index contributed by atoms with van der Waals surface area (Å²) in [6.45, 7) is 0. The molecule has 0 aromatic heterocycles. The first-order chi connectivity index (χ1) is 6.22. The average molecular weight is 219 g/mol. The van der Waals surface area contributed by atoms with Crippen molar-refractivity contribution in [1.82, 2.24) is 10.7 Å². The third-order valence-corrected chi connectivity index (χ3v) is 3.39. The lowest BCUT2D eigenvalue weighted by Gasteiger charge is -2.12. The van der Waals surface area contributed by atoms with Crippen molar-refractivity contribution >= 4 is 33.8 Å². The van der Waals surface area contributed by atoms with Gasteiger partial charge in [-0.25, -0.2) is 0 Å². The Labute approximate surface area is 85.6 Å². The highest BCUT2D eigenvalue weighted by Gasteiger charge is 2.12. The molecule has 0 unspecified atom stereocenters. The molecule has 2 N–H and O–H groups in total. The smallest absolute Gasteiger partial charge is 0.186 e. The van der Waals surface area contributed by atoms with E-state index in [-0.39, 0.29) is 0 Å². The summed E-state index contributed by atoms with van der Waals surface area (Å²) in [5.74, 6) is 1.46. The van der Waals surface area contributed by atoms with Gasteiger partial charge in [0.2, 0.25) is 0 Å². The molecule has 0 aliphatic carbocycles. The van der Waals surface area contributed by atoms with Gasteiger partial charge in [-0.2, -0.15) is 5.10 Å². The molecule has 6 heteroatoms. The fourth-order valence-corrected chi connectivity index (χ4v) is 2.16. The van der Waals surface area contributed by atoms with Crippen molar-refractivity contribution < 1.29 is 4.21 Å². The Morgan fingerprint density at radius 1 is 1.54 bits per heavy atom. The highest BCUT2D eigenvalue weighted by Crippen LogP contribution is 2.04. The maximum Gasteiger partial charge on any atom is 0.186 e. The van der Waals surface area contributed by atoms with Gasteiger partial charge in [-0.3, -0.25) is 9.63 Å². The molecular weight excluding hydrogens is 206 g/mol. The van der Waals surface area contributed by atoms with E-state index in [0.29, 0.717) is 5.11 Å². The van der Waals surface area contributed by atoms with Crippen molar-refractivity contribution in [2.45, 2.75) is 12.8 Å². The fourth-order valence-electron chi connectivity index (χ4n) is 0.988. The second-order valence-electron chi connectivity index (χ2n) is 2.72. The lowest BCUT2D eigenvalue weighted by atomic mass is 10.2. The number of hydrazone groups is 1. The predicted molar refractivity (Wildman–Crippen MR) is 59.3 cm³/mol. The zero-order chi connectivity index (χ0) is 9.68. The number of nitrogens with zero attached hydrogens (tertiary/aromatic N) is 1. The quantitative estimate of drug-likeness (QED) is 0.481. The number of hydrogen-bond acceptors (Lipinski definition) is 3. The van der Waals surface area contributed by atoms with Crippen LogP contribution in [0.4, 0.5) is 0 Å². The zero-order valence-corrected chi connectivity index (χ0v) is 9.13. The third kappa shape index (κ3) is 3.82. The van der Waals surface area contributed by atoms with Crippen LogP contribution in [-0.2, 0) is 10.8 Å².